The van der Waals surface area contributed by atoms with E-state index < -0.39 is 0 Å². The van der Waals surface area contributed by atoms with E-state index in [0.717, 1.165) is 73.0 Å². The fraction of sp³-hybridized carbons (Fsp3) is 0.690. The molecule has 7 rings (SSSR count). The zero-order chi connectivity index (χ0) is 31.1. The third-order valence-electron chi connectivity index (χ3n) is 15.0. The number of likely N-dealkylation sites (tertiary alicyclic amines) is 1. The molecule has 244 valence electrons. The molecular weight excluding hydrogens is 548 g/mol. The van der Waals surface area contributed by atoms with Gasteiger partial charge in [-0.1, -0.05) is 82.1 Å². The highest BCUT2D eigenvalue weighted by Crippen LogP contribution is 2.68. The van der Waals surface area contributed by atoms with E-state index in [1.54, 1.807) is 0 Å². The maximum atomic E-state index is 13.4. The summed E-state index contributed by atoms with van der Waals surface area (Å²) in [6, 6.07) is 22.3. The van der Waals surface area contributed by atoms with Crippen LogP contribution >= 0.6 is 0 Å². The van der Waals surface area contributed by atoms with Crippen LogP contribution in [0.2, 0.25) is 0 Å². The molecule has 2 unspecified atom stereocenters. The molecule has 1 heterocycles. The van der Waals surface area contributed by atoms with Crippen LogP contribution in [0.1, 0.15) is 116 Å². The van der Waals surface area contributed by atoms with Gasteiger partial charge in [0.15, 0.2) is 0 Å². The second-order valence-electron chi connectivity index (χ2n) is 17.1. The van der Waals surface area contributed by atoms with E-state index in [2.05, 4.69) is 86.8 Å². The predicted molar refractivity (Wildman–Crippen MR) is 188 cm³/mol. The van der Waals surface area contributed by atoms with Gasteiger partial charge in [0, 0.05) is 30.9 Å². The molecular formula is C42H61N2O+. The summed E-state index contributed by atoms with van der Waals surface area (Å²) in [5.74, 6) is 5.62. The molecule has 4 aliphatic carbocycles. The molecule has 2 aromatic carbocycles. The molecule has 3 heteroatoms. The molecule has 3 nitrogen and oxygen atoms in total. The molecule has 1 amide bonds. The number of fused-ring (bicyclic) bond motifs is 5. The molecule has 1 saturated heterocycles. The molecule has 0 spiro atoms. The van der Waals surface area contributed by atoms with Crippen molar-refractivity contribution in [2.75, 3.05) is 13.1 Å². The largest absolute Gasteiger partial charge is 0.353 e. The number of hydrogen-bond acceptors (Lipinski definition) is 1. The summed E-state index contributed by atoms with van der Waals surface area (Å²) in [6.45, 7) is 11.1. The van der Waals surface area contributed by atoms with Gasteiger partial charge in [-0.3, -0.25) is 9.28 Å². The zero-order valence-corrected chi connectivity index (χ0v) is 28.7. The second kappa shape index (κ2) is 12.8. The first-order valence-corrected chi connectivity index (χ1v) is 19.1. The van der Waals surface area contributed by atoms with Crippen molar-refractivity contribution in [3.05, 3.63) is 66.2 Å². The topological polar surface area (TPSA) is 29.1 Å². The van der Waals surface area contributed by atoms with Crippen molar-refractivity contribution >= 4 is 11.6 Å². The highest BCUT2D eigenvalue weighted by atomic mass is 16.1. The van der Waals surface area contributed by atoms with Gasteiger partial charge in [-0.2, -0.15) is 0 Å². The van der Waals surface area contributed by atoms with E-state index in [9.17, 15) is 4.79 Å². The minimum absolute atomic E-state index is 0.293. The standard InChI is InChI=1S/C42H60N2O/c1-31(37-20-21-38-36-19-18-33-14-10-11-26-41(33,2)39(36)23-27-42(37,38)3)17-22-40(45)43-34-24-28-44(29-25-34,35-15-8-5-9-16-35)30-32-12-6-4-7-13-32/h4-9,12-13,15-16,31,33-34,36-39H,10-11,14,17-30H2,1-3H3/p+1/t31?,33?,34?,36-,37+,38-,39-,41-,42+,44?/m0/s1. The molecule has 1 N–H and O–H groups in total. The summed E-state index contributed by atoms with van der Waals surface area (Å²) >= 11 is 0. The van der Waals surface area contributed by atoms with Crippen molar-refractivity contribution in [1.29, 1.82) is 0 Å². The number of nitrogens with zero attached hydrogens (tertiary/aromatic N) is 1. The third-order valence-corrected chi connectivity index (χ3v) is 15.0. The minimum Gasteiger partial charge on any atom is -0.353 e. The van der Waals surface area contributed by atoms with E-state index in [4.69, 9.17) is 0 Å². The maximum absolute atomic E-state index is 13.4. The number of rotatable bonds is 8. The van der Waals surface area contributed by atoms with Crippen LogP contribution < -0.4 is 9.80 Å². The van der Waals surface area contributed by atoms with E-state index in [0.29, 0.717) is 35.1 Å². The first-order chi connectivity index (χ1) is 21.8. The molecule has 0 radical (unpaired) electrons. The van der Waals surface area contributed by atoms with Gasteiger partial charge < -0.3 is 5.32 Å². The monoisotopic (exact) mass is 609 g/mol. The number of para-hydroxylation sites is 1. The van der Waals surface area contributed by atoms with Crippen LogP contribution in [0.25, 0.3) is 0 Å². The normalized spacial score (nSPS) is 40.1. The number of nitrogens with one attached hydrogen (secondary N) is 1. The van der Waals surface area contributed by atoms with E-state index in [1.165, 1.54) is 75.5 Å². The van der Waals surface area contributed by atoms with Crippen LogP contribution in [0.4, 0.5) is 5.69 Å². The molecule has 45 heavy (non-hydrogen) atoms. The van der Waals surface area contributed by atoms with Crippen molar-refractivity contribution in [3.8, 4) is 0 Å². The first-order valence-electron chi connectivity index (χ1n) is 19.1. The van der Waals surface area contributed by atoms with Crippen molar-refractivity contribution in [3.63, 3.8) is 0 Å². The number of carbonyl (C=O) groups excluding carboxylic acids is 1. The number of amides is 1. The number of carbonyl (C=O) groups is 1. The molecule has 5 fully saturated rings. The lowest BCUT2D eigenvalue weighted by atomic mass is 9.44. The Morgan fingerprint density at radius 3 is 2.27 bits per heavy atom. The van der Waals surface area contributed by atoms with E-state index in [1.807, 2.05) is 0 Å². The number of quaternary nitrogens is 1. The Labute approximate surface area is 274 Å². The van der Waals surface area contributed by atoms with Gasteiger partial charge in [0.1, 0.15) is 12.2 Å². The van der Waals surface area contributed by atoms with Crippen LogP contribution in [0, 0.1) is 46.3 Å². The van der Waals surface area contributed by atoms with Gasteiger partial charge in [0.2, 0.25) is 5.91 Å². The summed E-state index contributed by atoms with van der Waals surface area (Å²) in [4.78, 5) is 13.4. The number of benzene rings is 2. The van der Waals surface area contributed by atoms with Gasteiger partial charge in [0.25, 0.3) is 0 Å². The second-order valence-corrected chi connectivity index (χ2v) is 17.1. The lowest BCUT2D eigenvalue weighted by molar-refractivity contribution is -0.123. The smallest absolute Gasteiger partial charge is 0.220 e. The van der Waals surface area contributed by atoms with Gasteiger partial charge in [-0.05, 0) is 116 Å². The quantitative estimate of drug-likeness (QED) is 0.297. The highest BCUT2D eigenvalue weighted by Gasteiger charge is 2.60. The van der Waals surface area contributed by atoms with Crippen molar-refractivity contribution in [2.24, 2.45) is 46.3 Å². The van der Waals surface area contributed by atoms with Gasteiger partial charge in [-0.25, -0.2) is 0 Å². The average molecular weight is 610 g/mol. The van der Waals surface area contributed by atoms with Crippen LogP contribution in [-0.2, 0) is 11.3 Å². The van der Waals surface area contributed by atoms with Gasteiger partial charge >= 0.3 is 0 Å². The first kappa shape index (κ1) is 31.5. The molecule has 1 aliphatic heterocycles. The average Bonchev–Trinajstić information content (AvgIpc) is 3.42. The van der Waals surface area contributed by atoms with Gasteiger partial charge in [-0.15, -0.1) is 0 Å². The summed E-state index contributed by atoms with van der Waals surface area (Å²) in [6.07, 6.45) is 18.6. The summed E-state index contributed by atoms with van der Waals surface area (Å²) in [5, 5.41) is 3.50. The number of piperidine rings is 1. The molecule has 0 aromatic heterocycles. The number of hydrogen-bond donors (Lipinski definition) is 1. The lowest BCUT2D eigenvalue weighted by Gasteiger charge is -2.61. The fourth-order valence-electron chi connectivity index (χ4n) is 12.5. The Kier molecular flexibility index (Phi) is 8.96. The Morgan fingerprint density at radius 2 is 1.51 bits per heavy atom. The van der Waals surface area contributed by atoms with Crippen LogP contribution in [0.5, 0.6) is 0 Å². The predicted octanol–water partition coefficient (Wildman–Crippen LogP) is 9.94. The van der Waals surface area contributed by atoms with Crippen LogP contribution in [0.3, 0.4) is 0 Å². The zero-order valence-electron chi connectivity index (χ0n) is 28.7. The fourth-order valence-corrected chi connectivity index (χ4v) is 12.5. The Hall–Kier alpha value is -2.13. The molecule has 8 atom stereocenters. The minimum atomic E-state index is 0.293. The van der Waals surface area contributed by atoms with Crippen LogP contribution in [-0.4, -0.2) is 25.0 Å². The van der Waals surface area contributed by atoms with Gasteiger partial charge in [0.05, 0.1) is 13.1 Å². The lowest BCUT2D eigenvalue weighted by Crippen LogP contribution is -2.57. The van der Waals surface area contributed by atoms with Crippen molar-refractivity contribution in [1.82, 2.24) is 9.80 Å². The van der Waals surface area contributed by atoms with Crippen LogP contribution in [0.15, 0.2) is 60.7 Å². The van der Waals surface area contributed by atoms with Crippen molar-refractivity contribution < 1.29 is 4.79 Å². The molecule has 0 bridgehead atoms. The molecule has 2 aromatic rings. The maximum Gasteiger partial charge on any atom is 0.220 e. The Bertz CT molecular complexity index is 1280. The highest BCUT2D eigenvalue weighted by molar-refractivity contribution is 5.76. The third kappa shape index (κ3) is 5.94. The summed E-state index contributed by atoms with van der Waals surface area (Å²) in [5.41, 5.74) is 3.92. The Balaban J connectivity index is 0.925. The molecule has 5 aliphatic rings. The summed E-state index contributed by atoms with van der Waals surface area (Å²) in [7, 11) is 0. The van der Waals surface area contributed by atoms with E-state index in [-0.39, 0.29) is 0 Å². The van der Waals surface area contributed by atoms with Crippen molar-refractivity contribution in [2.45, 2.75) is 123 Å². The molecule has 4 saturated carbocycles. The van der Waals surface area contributed by atoms with E-state index >= 15 is 0 Å². The summed E-state index contributed by atoms with van der Waals surface area (Å²) < 4.78 is 0.983. The Morgan fingerprint density at radius 1 is 0.800 bits per heavy atom. The SMILES string of the molecule is CC(CCC(=O)NC1CC[N+](Cc2ccccc2)(c2ccccc2)CC1)[C@H]1CC[C@H]2[C@@H]3CCC4CCCC[C@]4(C)[C@H]3CC[C@]12C.